The van der Waals surface area contributed by atoms with E-state index in [-0.39, 0.29) is 40.0 Å². The van der Waals surface area contributed by atoms with E-state index in [1.165, 1.54) is 25.7 Å². The average Bonchev–Trinajstić information content (AvgIpc) is 2.23. The van der Waals surface area contributed by atoms with Crippen LogP contribution in [0.15, 0.2) is 0 Å². The Labute approximate surface area is 85.7 Å². The Morgan fingerprint density at radius 3 is 1.56 bits per heavy atom. The monoisotopic (exact) mass is 202 g/mol. The van der Waals surface area contributed by atoms with Gasteiger partial charge < -0.3 is 13.3 Å². The van der Waals surface area contributed by atoms with Crippen LogP contribution in [0.2, 0.25) is 0 Å². The second kappa shape index (κ2) is 16.1. The van der Waals surface area contributed by atoms with Crippen molar-refractivity contribution >= 4 is 40.0 Å². The van der Waals surface area contributed by atoms with E-state index in [2.05, 4.69) is 13.3 Å². The van der Waals surface area contributed by atoms with Crippen molar-refractivity contribution in [2.24, 2.45) is 0 Å². The van der Waals surface area contributed by atoms with E-state index in [9.17, 15) is 0 Å². The van der Waals surface area contributed by atoms with Gasteiger partial charge in [-0.2, -0.15) is 19.8 Å². The summed E-state index contributed by atoms with van der Waals surface area (Å²) in [6, 6.07) is 0. The molecule has 2 heteroatoms. The smallest absolute Gasteiger partial charge is 0.346 e. The molecule has 52 valence electrons. The summed E-state index contributed by atoms with van der Waals surface area (Å²) < 4.78 is 0. The molecule has 0 aliphatic heterocycles. The zero-order valence-electron chi connectivity index (χ0n) is 6.23. The summed E-state index contributed by atoms with van der Waals surface area (Å²) in [5.74, 6) is 0. The molecule has 0 N–H and O–H groups in total. The maximum absolute atomic E-state index is 3.25. The topological polar surface area (TPSA) is 0 Å². The van der Waals surface area contributed by atoms with Crippen LogP contribution in [0.1, 0.15) is 32.6 Å². The van der Waals surface area contributed by atoms with Gasteiger partial charge in [0.05, 0.1) is 0 Å². The maximum Gasteiger partial charge on any atom is 2.00 e. The van der Waals surface area contributed by atoms with Crippen molar-refractivity contribution in [2.45, 2.75) is 32.6 Å². The zero-order valence-corrected chi connectivity index (χ0v) is 9.36. The Morgan fingerprint density at radius 1 is 1.11 bits per heavy atom. The normalized spacial score (nSPS) is 14.0. The molecule has 0 bridgehead atoms. The van der Waals surface area contributed by atoms with E-state index in [1.807, 2.05) is 0 Å². The number of hydrogen-bond acceptors (Lipinski definition) is 0. The van der Waals surface area contributed by atoms with Gasteiger partial charge in [-0.3, -0.25) is 0 Å². The fourth-order valence-corrected chi connectivity index (χ4v) is 0.722. The summed E-state index contributed by atoms with van der Waals surface area (Å²) in [4.78, 5) is 0. The van der Waals surface area contributed by atoms with Crippen LogP contribution in [0.25, 0.3) is 0 Å². The molecule has 1 aliphatic rings. The quantitative estimate of drug-likeness (QED) is 0.419. The second-order valence-electron chi connectivity index (χ2n) is 1.57. The third-order valence-corrected chi connectivity index (χ3v) is 1.07. The number of hydrogen-bond donors (Lipinski definition) is 0. The van der Waals surface area contributed by atoms with Gasteiger partial charge in [-0.15, -0.1) is 17.0 Å². The molecule has 0 saturated heterocycles. The van der Waals surface area contributed by atoms with Gasteiger partial charge in [0.1, 0.15) is 0 Å². The van der Waals surface area contributed by atoms with Crippen molar-refractivity contribution in [1.82, 2.24) is 0 Å². The van der Waals surface area contributed by atoms with Crippen molar-refractivity contribution < 1.29 is 0 Å². The van der Waals surface area contributed by atoms with Gasteiger partial charge in [0.15, 0.2) is 0 Å². The van der Waals surface area contributed by atoms with Gasteiger partial charge in [-0.1, -0.05) is 12.8 Å². The summed E-state index contributed by atoms with van der Waals surface area (Å²) in [6.07, 6.45) is 8.00. The summed E-state index contributed by atoms with van der Waals surface area (Å²) >= 11 is 0. The van der Waals surface area contributed by atoms with Gasteiger partial charge in [0.2, 0.25) is 0 Å². The molecule has 0 aromatic rings. The van der Waals surface area contributed by atoms with Gasteiger partial charge in [-0.05, 0) is 0 Å². The van der Waals surface area contributed by atoms with E-state index in [0.717, 1.165) is 0 Å². The van der Waals surface area contributed by atoms with Gasteiger partial charge in [-0.25, -0.2) is 0 Å². The molecule has 1 saturated carbocycles. The minimum absolute atomic E-state index is 0. The van der Waals surface area contributed by atoms with Gasteiger partial charge in [0.25, 0.3) is 0 Å². The summed E-state index contributed by atoms with van der Waals surface area (Å²) in [5, 5.41) is 0. The fraction of sp³-hybridized carbons (Fsp3) is 0.714. The maximum atomic E-state index is 3.25. The Balaban J connectivity index is -0.0000000836. The molecule has 0 amide bonds. The first kappa shape index (κ1) is 16.7. The van der Waals surface area contributed by atoms with Crippen LogP contribution in [-0.2, 0) is 0 Å². The Kier molecular flexibility index (Phi) is 29.9. The van der Waals surface area contributed by atoms with Crippen molar-refractivity contribution in [3.05, 3.63) is 13.3 Å². The van der Waals surface area contributed by atoms with Crippen LogP contribution in [0.4, 0.5) is 0 Å². The van der Waals surface area contributed by atoms with E-state index in [4.69, 9.17) is 0 Å². The first-order valence-electron chi connectivity index (χ1n) is 3.02. The third kappa shape index (κ3) is 12.4. The molecular formula is C7H15BrMg. The molecule has 0 atom stereocenters. The molecule has 0 spiro atoms. The fourth-order valence-electron chi connectivity index (χ4n) is 0.722. The summed E-state index contributed by atoms with van der Waals surface area (Å²) in [5.41, 5.74) is 0. The SMILES string of the molecule is Br.[CH-]1CCCC1.[CH2-]C.[Mg+2]. The third-order valence-electron chi connectivity index (χ3n) is 1.07. The summed E-state index contributed by atoms with van der Waals surface area (Å²) in [6.45, 7) is 5.00. The van der Waals surface area contributed by atoms with Crippen LogP contribution in [0.3, 0.4) is 0 Å². The molecule has 0 aromatic carbocycles. The van der Waals surface area contributed by atoms with E-state index in [0.29, 0.717) is 0 Å². The predicted octanol–water partition coefficient (Wildman–Crippen LogP) is 2.80. The predicted molar refractivity (Wildman–Crippen MR) is 49.9 cm³/mol. The largest absolute Gasteiger partial charge is 2.00 e. The van der Waals surface area contributed by atoms with Crippen molar-refractivity contribution in [3.8, 4) is 0 Å². The molecule has 0 nitrogen and oxygen atoms in total. The van der Waals surface area contributed by atoms with Crippen LogP contribution in [-0.4, -0.2) is 23.1 Å². The standard InChI is InChI=1S/C5H9.C2H5.BrH.Mg/c1-2-4-5-3-1;1-2;;/h1H,2-5H2;1H2,2H3;1H;/q2*-1;;+2. The molecule has 1 fully saturated rings. The molecule has 9 heavy (non-hydrogen) atoms. The molecule has 0 aromatic heterocycles. The van der Waals surface area contributed by atoms with Gasteiger partial charge >= 0.3 is 23.1 Å². The van der Waals surface area contributed by atoms with Crippen molar-refractivity contribution in [3.63, 3.8) is 0 Å². The first-order valence-corrected chi connectivity index (χ1v) is 3.02. The van der Waals surface area contributed by atoms with Crippen LogP contribution >= 0.6 is 17.0 Å². The zero-order chi connectivity index (χ0) is 5.54. The van der Waals surface area contributed by atoms with Crippen LogP contribution in [0, 0.1) is 13.3 Å². The molecule has 0 radical (unpaired) electrons. The van der Waals surface area contributed by atoms with Crippen molar-refractivity contribution in [2.75, 3.05) is 0 Å². The van der Waals surface area contributed by atoms with Crippen LogP contribution in [0.5, 0.6) is 0 Å². The Bertz CT molecular complexity index is 20.5. The minimum atomic E-state index is 0. The first-order chi connectivity index (χ1) is 3.50. The molecule has 0 unspecified atom stereocenters. The minimum Gasteiger partial charge on any atom is -0.346 e. The molecular weight excluding hydrogens is 188 g/mol. The average molecular weight is 203 g/mol. The van der Waals surface area contributed by atoms with E-state index < -0.39 is 0 Å². The number of halogens is 1. The van der Waals surface area contributed by atoms with E-state index in [1.54, 1.807) is 6.92 Å². The van der Waals surface area contributed by atoms with Crippen LogP contribution < -0.4 is 0 Å². The Hall–Kier alpha value is 1.25. The van der Waals surface area contributed by atoms with Crippen molar-refractivity contribution in [1.29, 1.82) is 0 Å². The molecule has 1 rings (SSSR count). The molecule has 0 heterocycles. The molecule has 1 aliphatic carbocycles. The summed E-state index contributed by atoms with van der Waals surface area (Å²) in [7, 11) is 0. The number of rotatable bonds is 0. The van der Waals surface area contributed by atoms with E-state index >= 15 is 0 Å². The Morgan fingerprint density at radius 2 is 1.44 bits per heavy atom. The second-order valence-corrected chi connectivity index (χ2v) is 1.57. The van der Waals surface area contributed by atoms with Gasteiger partial charge in [0, 0.05) is 0 Å².